The van der Waals surface area contributed by atoms with Crippen molar-refractivity contribution in [3.63, 3.8) is 0 Å². The van der Waals surface area contributed by atoms with E-state index in [4.69, 9.17) is 4.74 Å². The number of piperidine rings is 1. The molecular formula is C14H25N5O. The summed E-state index contributed by atoms with van der Waals surface area (Å²) in [7, 11) is 0. The zero-order valence-electron chi connectivity index (χ0n) is 12.9. The molecule has 0 unspecified atom stereocenters. The van der Waals surface area contributed by atoms with Gasteiger partial charge in [0.25, 0.3) is 0 Å². The molecule has 2 rings (SSSR count). The minimum absolute atomic E-state index is 0.401. The molecule has 0 aliphatic carbocycles. The lowest BCUT2D eigenvalue weighted by Gasteiger charge is -2.36. The van der Waals surface area contributed by atoms with Crippen molar-refractivity contribution >= 4 is 11.9 Å². The molecule has 112 valence electrons. The Morgan fingerprint density at radius 1 is 1.15 bits per heavy atom. The van der Waals surface area contributed by atoms with Gasteiger partial charge in [0, 0.05) is 19.6 Å². The SMILES string of the molecule is CCNc1nc(OCC)nc(N2CCC(C)(C)CC2)n1. The first-order chi connectivity index (χ1) is 9.54. The highest BCUT2D eigenvalue weighted by atomic mass is 16.5. The predicted molar refractivity (Wildman–Crippen MR) is 80.4 cm³/mol. The molecule has 0 bridgehead atoms. The molecule has 0 saturated carbocycles. The molecule has 2 heterocycles. The summed E-state index contributed by atoms with van der Waals surface area (Å²) in [5.74, 6) is 1.31. The first-order valence-corrected chi connectivity index (χ1v) is 7.42. The summed E-state index contributed by atoms with van der Waals surface area (Å²) in [6.45, 7) is 11.9. The average molecular weight is 279 g/mol. The van der Waals surface area contributed by atoms with Crippen molar-refractivity contribution in [3.8, 4) is 6.01 Å². The van der Waals surface area contributed by atoms with Gasteiger partial charge in [-0.25, -0.2) is 0 Å². The van der Waals surface area contributed by atoms with E-state index >= 15 is 0 Å². The molecule has 0 atom stereocenters. The monoisotopic (exact) mass is 279 g/mol. The van der Waals surface area contributed by atoms with Gasteiger partial charge in [0.1, 0.15) is 0 Å². The van der Waals surface area contributed by atoms with E-state index in [1.54, 1.807) is 0 Å². The molecule has 1 aliphatic rings. The molecule has 6 heteroatoms. The second-order valence-corrected chi connectivity index (χ2v) is 5.86. The minimum Gasteiger partial charge on any atom is -0.464 e. The van der Waals surface area contributed by atoms with Crippen LogP contribution in [0.2, 0.25) is 0 Å². The molecule has 1 saturated heterocycles. The van der Waals surface area contributed by atoms with Crippen LogP contribution in [0.4, 0.5) is 11.9 Å². The summed E-state index contributed by atoms with van der Waals surface area (Å²) in [6.07, 6.45) is 2.30. The fourth-order valence-corrected chi connectivity index (χ4v) is 2.23. The normalized spacial score (nSPS) is 17.9. The Balaban J connectivity index is 2.17. The van der Waals surface area contributed by atoms with E-state index in [2.05, 4.69) is 39.0 Å². The molecule has 20 heavy (non-hydrogen) atoms. The third-order valence-electron chi connectivity index (χ3n) is 3.61. The van der Waals surface area contributed by atoms with Gasteiger partial charge in [-0.1, -0.05) is 13.8 Å². The molecule has 0 aromatic carbocycles. The van der Waals surface area contributed by atoms with Crippen LogP contribution in [0.15, 0.2) is 0 Å². The number of rotatable bonds is 5. The molecule has 0 amide bonds. The molecule has 0 spiro atoms. The second-order valence-electron chi connectivity index (χ2n) is 5.86. The largest absolute Gasteiger partial charge is 0.464 e. The first kappa shape index (κ1) is 14.8. The third kappa shape index (κ3) is 3.71. The Morgan fingerprint density at radius 2 is 1.85 bits per heavy atom. The van der Waals surface area contributed by atoms with Crippen molar-refractivity contribution in [3.05, 3.63) is 0 Å². The highest BCUT2D eigenvalue weighted by Gasteiger charge is 2.27. The summed E-state index contributed by atoms with van der Waals surface area (Å²) in [5.41, 5.74) is 0.413. The van der Waals surface area contributed by atoms with Crippen LogP contribution in [0, 0.1) is 5.41 Å². The molecule has 1 aliphatic heterocycles. The van der Waals surface area contributed by atoms with Gasteiger partial charge in [0.2, 0.25) is 11.9 Å². The maximum absolute atomic E-state index is 5.44. The second kappa shape index (κ2) is 6.24. The minimum atomic E-state index is 0.401. The maximum Gasteiger partial charge on any atom is 0.323 e. The highest BCUT2D eigenvalue weighted by molar-refractivity contribution is 5.38. The van der Waals surface area contributed by atoms with Crippen LogP contribution in [0.25, 0.3) is 0 Å². The highest BCUT2D eigenvalue weighted by Crippen LogP contribution is 2.31. The van der Waals surface area contributed by atoms with Crippen LogP contribution in [-0.2, 0) is 0 Å². The van der Waals surface area contributed by atoms with Crippen LogP contribution in [0.1, 0.15) is 40.5 Å². The van der Waals surface area contributed by atoms with Gasteiger partial charge in [0.05, 0.1) is 6.61 Å². The predicted octanol–water partition coefficient (Wildman–Crippen LogP) is 2.33. The van der Waals surface area contributed by atoms with Crippen molar-refractivity contribution in [2.45, 2.75) is 40.5 Å². The molecule has 1 aromatic rings. The zero-order valence-corrected chi connectivity index (χ0v) is 12.9. The average Bonchev–Trinajstić information content (AvgIpc) is 2.39. The summed E-state index contributed by atoms with van der Waals surface area (Å²) < 4.78 is 5.44. The van der Waals surface area contributed by atoms with Gasteiger partial charge in [-0.2, -0.15) is 15.0 Å². The quantitative estimate of drug-likeness (QED) is 0.892. The molecule has 1 fully saturated rings. The van der Waals surface area contributed by atoms with Gasteiger partial charge in [0.15, 0.2) is 0 Å². The van der Waals surface area contributed by atoms with E-state index in [9.17, 15) is 0 Å². The van der Waals surface area contributed by atoms with E-state index in [-0.39, 0.29) is 0 Å². The van der Waals surface area contributed by atoms with Crippen molar-refractivity contribution in [2.75, 3.05) is 36.5 Å². The Bertz CT molecular complexity index is 415. The summed E-state index contributed by atoms with van der Waals surface area (Å²) in [5, 5.41) is 3.13. The number of ether oxygens (including phenoxy) is 1. The van der Waals surface area contributed by atoms with Crippen molar-refractivity contribution in [1.82, 2.24) is 15.0 Å². The van der Waals surface area contributed by atoms with Gasteiger partial charge in [-0.05, 0) is 32.1 Å². The van der Waals surface area contributed by atoms with Gasteiger partial charge in [-0.3, -0.25) is 0 Å². The molecule has 1 aromatic heterocycles. The zero-order chi connectivity index (χ0) is 14.6. The Labute approximate surface area is 121 Å². The number of nitrogens with zero attached hydrogens (tertiary/aromatic N) is 4. The van der Waals surface area contributed by atoms with Crippen LogP contribution >= 0.6 is 0 Å². The summed E-state index contributed by atoms with van der Waals surface area (Å²) in [4.78, 5) is 15.4. The van der Waals surface area contributed by atoms with E-state index < -0.39 is 0 Å². The molecule has 6 nitrogen and oxygen atoms in total. The van der Waals surface area contributed by atoms with Crippen LogP contribution in [-0.4, -0.2) is 41.2 Å². The topological polar surface area (TPSA) is 63.2 Å². The van der Waals surface area contributed by atoms with E-state index in [1.165, 1.54) is 0 Å². The number of hydrogen-bond acceptors (Lipinski definition) is 6. The van der Waals surface area contributed by atoms with E-state index in [0.717, 1.165) is 38.4 Å². The van der Waals surface area contributed by atoms with Crippen molar-refractivity contribution < 1.29 is 4.74 Å². The number of aromatic nitrogens is 3. The standard InChI is InChI=1S/C14H25N5O/c1-5-15-11-16-12(18-13(17-11)20-6-2)19-9-7-14(3,4)8-10-19/h5-10H2,1-4H3,(H,15,16,17,18). The number of anilines is 2. The van der Waals surface area contributed by atoms with Crippen molar-refractivity contribution in [2.24, 2.45) is 5.41 Å². The first-order valence-electron chi connectivity index (χ1n) is 7.42. The summed E-state index contributed by atoms with van der Waals surface area (Å²) >= 11 is 0. The van der Waals surface area contributed by atoms with Crippen LogP contribution in [0.3, 0.4) is 0 Å². The van der Waals surface area contributed by atoms with E-state index in [1.807, 2.05) is 13.8 Å². The smallest absolute Gasteiger partial charge is 0.323 e. The summed E-state index contributed by atoms with van der Waals surface area (Å²) in [6, 6.07) is 0.401. The lowest BCUT2D eigenvalue weighted by molar-refractivity contribution is 0.276. The van der Waals surface area contributed by atoms with E-state index in [0.29, 0.717) is 24.0 Å². The van der Waals surface area contributed by atoms with Gasteiger partial charge in [-0.15, -0.1) is 0 Å². The van der Waals surface area contributed by atoms with Crippen LogP contribution < -0.4 is 15.0 Å². The molecule has 0 radical (unpaired) electrons. The molecular weight excluding hydrogens is 254 g/mol. The Hall–Kier alpha value is -1.59. The Morgan fingerprint density at radius 3 is 2.45 bits per heavy atom. The van der Waals surface area contributed by atoms with Crippen LogP contribution in [0.5, 0.6) is 6.01 Å². The van der Waals surface area contributed by atoms with Gasteiger partial charge < -0.3 is 15.0 Å². The number of hydrogen-bond donors (Lipinski definition) is 1. The van der Waals surface area contributed by atoms with Crippen molar-refractivity contribution in [1.29, 1.82) is 0 Å². The fourth-order valence-electron chi connectivity index (χ4n) is 2.23. The fraction of sp³-hybridized carbons (Fsp3) is 0.786. The maximum atomic E-state index is 5.44. The third-order valence-corrected chi connectivity index (χ3v) is 3.61. The Kier molecular flexibility index (Phi) is 4.62. The van der Waals surface area contributed by atoms with Gasteiger partial charge >= 0.3 is 6.01 Å². The lowest BCUT2D eigenvalue weighted by atomic mass is 9.83. The lowest BCUT2D eigenvalue weighted by Crippen LogP contribution is -2.38. The molecule has 1 N–H and O–H groups in total. The number of nitrogens with one attached hydrogen (secondary N) is 1.